The first kappa shape index (κ1) is 12.7. The van der Waals surface area contributed by atoms with Crippen molar-refractivity contribution in [2.75, 3.05) is 0 Å². The molecule has 0 spiro atoms. The van der Waals surface area contributed by atoms with E-state index >= 15 is 0 Å². The Labute approximate surface area is 95.7 Å². The summed E-state index contributed by atoms with van der Waals surface area (Å²) in [6.07, 6.45) is 2.24. The Hall–Kier alpha value is -1.32. The zero-order valence-corrected chi connectivity index (χ0v) is 10.2. The molecule has 1 aliphatic rings. The van der Waals surface area contributed by atoms with Gasteiger partial charge in [0.1, 0.15) is 5.70 Å². The van der Waals surface area contributed by atoms with Gasteiger partial charge < -0.3 is 10.4 Å². The number of allylic oxidation sites excluding steroid dienone is 1. The van der Waals surface area contributed by atoms with E-state index in [4.69, 9.17) is 5.11 Å². The highest BCUT2D eigenvalue weighted by Gasteiger charge is 2.56. The molecule has 2 N–H and O–H groups in total. The Morgan fingerprint density at radius 3 is 2.38 bits per heavy atom. The van der Waals surface area contributed by atoms with Gasteiger partial charge in [-0.3, -0.25) is 4.79 Å². The van der Waals surface area contributed by atoms with Gasteiger partial charge >= 0.3 is 5.97 Å². The Kier molecular flexibility index (Phi) is 3.41. The fourth-order valence-corrected chi connectivity index (χ4v) is 1.88. The van der Waals surface area contributed by atoms with Gasteiger partial charge in [-0.05, 0) is 24.7 Å². The first-order valence-electron chi connectivity index (χ1n) is 5.53. The SMILES string of the molecule is CC=C(NC(=O)C1CC1(C)C(C)C)C(=O)O. The third kappa shape index (κ3) is 2.26. The minimum atomic E-state index is -1.09. The van der Waals surface area contributed by atoms with Crippen LogP contribution in [-0.2, 0) is 9.59 Å². The zero-order valence-electron chi connectivity index (χ0n) is 10.2. The van der Waals surface area contributed by atoms with E-state index in [0.29, 0.717) is 5.92 Å². The monoisotopic (exact) mass is 225 g/mol. The van der Waals surface area contributed by atoms with Crippen molar-refractivity contribution in [3.05, 3.63) is 11.8 Å². The van der Waals surface area contributed by atoms with Crippen LogP contribution in [0.25, 0.3) is 0 Å². The van der Waals surface area contributed by atoms with E-state index in [1.54, 1.807) is 6.92 Å². The second kappa shape index (κ2) is 4.28. The summed E-state index contributed by atoms with van der Waals surface area (Å²) in [4.78, 5) is 22.5. The van der Waals surface area contributed by atoms with Gasteiger partial charge in [0.05, 0.1) is 0 Å². The van der Waals surface area contributed by atoms with E-state index in [2.05, 4.69) is 26.1 Å². The number of carboxylic acid groups (broad SMARTS) is 1. The maximum atomic E-state index is 11.8. The molecule has 1 saturated carbocycles. The van der Waals surface area contributed by atoms with E-state index in [0.717, 1.165) is 6.42 Å². The average molecular weight is 225 g/mol. The van der Waals surface area contributed by atoms with E-state index in [1.165, 1.54) is 6.08 Å². The molecule has 0 saturated heterocycles. The summed E-state index contributed by atoms with van der Waals surface area (Å²) in [5.74, 6) is -0.890. The zero-order chi connectivity index (χ0) is 12.5. The second-order valence-corrected chi connectivity index (χ2v) is 4.91. The van der Waals surface area contributed by atoms with Crippen LogP contribution < -0.4 is 5.32 Å². The molecule has 0 radical (unpaired) electrons. The quantitative estimate of drug-likeness (QED) is 0.717. The minimum absolute atomic E-state index is 0.0292. The number of rotatable bonds is 4. The lowest BCUT2D eigenvalue weighted by molar-refractivity contribution is -0.135. The highest BCUT2D eigenvalue weighted by molar-refractivity contribution is 5.94. The molecule has 90 valence electrons. The Balaban J connectivity index is 2.60. The molecule has 2 unspecified atom stereocenters. The molecule has 0 heterocycles. The summed E-state index contributed by atoms with van der Waals surface area (Å²) < 4.78 is 0. The van der Waals surface area contributed by atoms with Crippen molar-refractivity contribution in [2.45, 2.75) is 34.1 Å². The summed E-state index contributed by atoms with van der Waals surface area (Å²) in [7, 11) is 0. The van der Waals surface area contributed by atoms with Crippen molar-refractivity contribution >= 4 is 11.9 Å². The molecule has 0 aromatic carbocycles. The summed E-state index contributed by atoms with van der Waals surface area (Å²) in [5.41, 5.74) is -0.00968. The van der Waals surface area contributed by atoms with Crippen LogP contribution in [0.2, 0.25) is 0 Å². The highest BCUT2D eigenvalue weighted by Crippen LogP contribution is 2.57. The number of carbonyl (C=O) groups excluding carboxylic acids is 1. The molecule has 0 aromatic heterocycles. The average Bonchev–Trinajstić information content (AvgIpc) is 2.88. The van der Waals surface area contributed by atoms with Crippen molar-refractivity contribution in [3.63, 3.8) is 0 Å². The number of hydrogen-bond acceptors (Lipinski definition) is 2. The number of amides is 1. The van der Waals surface area contributed by atoms with E-state index in [-0.39, 0.29) is 22.9 Å². The van der Waals surface area contributed by atoms with Gasteiger partial charge in [-0.2, -0.15) is 0 Å². The lowest BCUT2D eigenvalue weighted by Gasteiger charge is -2.15. The van der Waals surface area contributed by atoms with Gasteiger partial charge in [0.2, 0.25) is 5.91 Å². The normalized spacial score (nSPS) is 29.1. The maximum absolute atomic E-state index is 11.8. The number of hydrogen-bond donors (Lipinski definition) is 2. The molecule has 0 aliphatic heterocycles. The predicted octanol–water partition coefficient (Wildman–Crippen LogP) is 1.77. The Bertz CT molecular complexity index is 346. The van der Waals surface area contributed by atoms with Gasteiger partial charge in [-0.25, -0.2) is 4.79 Å². The lowest BCUT2D eigenvalue weighted by Crippen LogP contribution is -2.30. The summed E-state index contributed by atoms with van der Waals surface area (Å²) >= 11 is 0. The van der Waals surface area contributed by atoms with Crippen LogP contribution in [0.5, 0.6) is 0 Å². The summed E-state index contributed by atoms with van der Waals surface area (Å²) in [6.45, 7) is 7.83. The highest BCUT2D eigenvalue weighted by atomic mass is 16.4. The van der Waals surface area contributed by atoms with Crippen LogP contribution in [0.15, 0.2) is 11.8 Å². The third-order valence-corrected chi connectivity index (χ3v) is 3.69. The first-order valence-corrected chi connectivity index (χ1v) is 5.53. The Morgan fingerprint density at radius 2 is 2.06 bits per heavy atom. The number of nitrogens with one attached hydrogen (secondary N) is 1. The maximum Gasteiger partial charge on any atom is 0.352 e. The molecule has 4 nitrogen and oxygen atoms in total. The largest absolute Gasteiger partial charge is 0.477 e. The summed E-state index contributed by atoms with van der Waals surface area (Å²) in [5, 5.41) is 11.2. The number of carboxylic acids is 1. The molecule has 1 rings (SSSR count). The van der Waals surface area contributed by atoms with Crippen LogP contribution in [0.4, 0.5) is 0 Å². The topological polar surface area (TPSA) is 66.4 Å². The molecule has 4 heteroatoms. The van der Waals surface area contributed by atoms with Crippen LogP contribution in [0, 0.1) is 17.3 Å². The molecule has 1 aliphatic carbocycles. The molecular formula is C12H19NO3. The van der Waals surface area contributed by atoms with Gasteiger partial charge in [-0.15, -0.1) is 0 Å². The molecular weight excluding hydrogens is 206 g/mol. The van der Waals surface area contributed by atoms with Gasteiger partial charge in [0, 0.05) is 5.92 Å². The fraction of sp³-hybridized carbons (Fsp3) is 0.667. The van der Waals surface area contributed by atoms with Gasteiger partial charge in [-0.1, -0.05) is 26.8 Å². The molecule has 2 atom stereocenters. The van der Waals surface area contributed by atoms with Gasteiger partial charge in [0.15, 0.2) is 0 Å². The first-order chi connectivity index (χ1) is 7.32. The van der Waals surface area contributed by atoms with Crippen molar-refractivity contribution < 1.29 is 14.7 Å². The van der Waals surface area contributed by atoms with Crippen LogP contribution in [0.3, 0.4) is 0 Å². The minimum Gasteiger partial charge on any atom is -0.477 e. The van der Waals surface area contributed by atoms with Crippen LogP contribution in [0.1, 0.15) is 34.1 Å². The molecule has 1 fully saturated rings. The molecule has 0 bridgehead atoms. The fourth-order valence-electron chi connectivity index (χ4n) is 1.88. The Morgan fingerprint density at radius 1 is 1.50 bits per heavy atom. The van der Waals surface area contributed by atoms with Crippen molar-refractivity contribution in [1.82, 2.24) is 5.32 Å². The number of aliphatic carboxylic acids is 1. The van der Waals surface area contributed by atoms with Crippen molar-refractivity contribution in [2.24, 2.45) is 17.3 Å². The molecule has 1 amide bonds. The lowest BCUT2D eigenvalue weighted by atomic mass is 9.92. The molecule has 16 heavy (non-hydrogen) atoms. The van der Waals surface area contributed by atoms with E-state index in [9.17, 15) is 9.59 Å². The standard InChI is InChI=1S/C12H19NO3/c1-5-9(11(15)16)13-10(14)8-6-12(8,4)7(2)3/h5,7-8H,6H2,1-4H3,(H,13,14)(H,15,16). The summed E-state index contributed by atoms with van der Waals surface area (Å²) in [6, 6.07) is 0. The second-order valence-electron chi connectivity index (χ2n) is 4.91. The third-order valence-electron chi connectivity index (χ3n) is 3.69. The van der Waals surface area contributed by atoms with Crippen molar-refractivity contribution in [3.8, 4) is 0 Å². The van der Waals surface area contributed by atoms with Crippen LogP contribution >= 0.6 is 0 Å². The van der Waals surface area contributed by atoms with E-state index in [1.807, 2.05) is 0 Å². The smallest absolute Gasteiger partial charge is 0.352 e. The van der Waals surface area contributed by atoms with Gasteiger partial charge in [0.25, 0.3) is 0 Å². The van der Waals surface area contributed by atoms with E-state index < -0.39 is 5.97 Å². The molecule has 0 aromatic rings. The number of carbonyl (C=O) groups is 2. The predicted molar refractivity (Wildman–Crippen MR) is 60.6 cm³/mol. The van der Waals surface area contributed by atoms with Crippen molar-refractivity contribution in [1.29, 1.82) is 0 Å². The van der Waals surface area contributed by atoms with Crippen LogP contribution in [-0.4, -0.2) is 17.0 Å².